The molecule has 2 rings (SSSR count). The molecule has 2 aromatic rings. The van der Waals surface area contributed by atoms with Crippen LogP contribution in [0.4, 0.5) is 0 Å². The summed E-state index contributed by atoms with van der Waals surface area (Å²) in [5, 5.41) is 0. The quantitative estimate of drug-likeness (QED) is 0.0772. The zero-order valence-corrected chi connectivity index (χ0v) is 29.6. The van der Waals surface area contributed by atoms with Crippen molar-refractivity contribution >= 4 is 30.0 Å². The molecule has 0 spiro atoms. The van der Waals surface area contributed by atoms with Crippen LogP contribution in [0.25, 0.3) is 11.2 Å². The van der Waals surface area contributed by atoms with E-state index in [2.05, 4.69) is 18.8 Å². The smallest absolute Gasteiger partial charge is 0.377 e. The molecule has 11 nitrogen and oxygen atoms in total. The highest BCUT2D eigenvalue weighted by atomic mass is 32.2. The standard InChI is InChI=1S/C32H57N4O7PS/c1-4-6-8-10-12-14-15-17-19-21-23-25-45(42)36-29-28(30(37)35(32(36)39)44(40)41)34(31(38)33-29)26-27(3)43-24-22-20-18-16-13-11-9-7-5-2/h27H,4-26H2,1-3H3,(H,33,38). The summed E-state index contributed by atoms with van der Waals surface area (Å²) in [4.78, 5) is 41.6. The summed E-state index contributed by atoms with van der Waals surface area (Å²) in [6.07, 6.45) is 22.4. The van der Waals surface area contributed by atoms with E-state index >= 15 is 0 Å². The molecule has 1 N–H and O–H groups in total. The number of unbranched alkanes of at least 4 members (excludes halogenated alkanes) is 18. The van der Waals surface area contributed by atoms with Crippen molar-refractivity contribution in [3.63, 3.8) is 0 Å². The fourth-order valence-electron chi connectivity index (χ4n) is 5.69. The second-order valence-electron chi connectivity index (χ2n) is 12.2. The summed E-state index contributed by atoms with van der Waals surface area (Å²) in [6, 6.07) is 0. The molecule has 45 heavy (non-hydrogen) atoms. The second kappa shape index (κ2) is 22.5. The molecule has 2 atom stereocenters. The van der Waals surface area contributed by atoms with E-state index in [1.54, 1.807) is 6.92 Å². The van der Waals surface area contributed by atoms with Crippen LogP contribution in [0.15, 0.2) is 14.4 Å². The first-order valence-corrected chi connectivity index (χ1v) is 19.8. The van der Waals surface area contributed by atoms with E-state index in [-0.39, 0.29) is 27.8 Å². The van der Waals surface area contributed by atoms with Crippen molar-refractivity contribution in [2.75, 3.05) is 12.4 Å². The maximum absolute atomic E-state index is 13.3. The normalized spacial score (nSPS) is 13.0. The van der Waals surface area contributed by atoms with E-state index < -0.39 is 41.9 Å². The monoisotopic (exact) mass is 672 g/mol. The lowest BCUT2D eigenvalue weighted by molar-refractivity contribution is 0.0518. The molecule has 2 aromatic heterocycles. The number of fused-ring (bicyclic) bond motifs is 1. The molecule has 2 unspecified atom stereocenters. The van der Waals surface area contributed by atoms with E-state index in [4.69, 9.17) is 4.74 Å². The van der Waals surface area contributed by atoms with Crippen LogP contribution in [0.2, 0.25) is 0 Å². The highest BCUT2D eigenvalue weighted by molar-refractivity contribution is 7.83. The molecule has 258 valence electrons. The fourth-order valence-corrected chi connectivity index (χ4v) is 7.44. The topological polar surface area (TPSA) is 142 Å². The van der Waals surface area contributed by atoms with Gasteiger partial charge in [-0.1, -0.05) is 129 Å². The number of nitrogens with zero attached hydrogens (tertiary/aromatic N) is 3. The third kappa shape index (κ3) is 13.3. The van der Waals surface area contributed by atoms with E-state index in [0.717, 1.165) is 53.5 Å². The number of ether oxygens (including phenoxy) is 1. The third-order valence-corrected chi connectivity index (χ3v) is 10.4. The Kier molecular flexibility index (Phi) is 19.6. The van der Waals surface area contributed by atoms with Crippen molar-refractivity contribution < 1.29 is 18.1 Å². The Morgan fingerprint density at radius 1 is 0.733 bits per heavy atom. The van der Waals surface area contributed by atoms with Crippen LogP contribution in [0.1, 0.15) is 149 Å². The number of nitrogens with one attached hydrogen (secondary N) is 1. The van der Waals surface area contributed by atoms with Gasteiger partial charge in [0.25, 0.3) is 5.56 Å². The van der Waals surface area contributed by atoms with Gasteiger partial charge in [0.15, 0.2) is 11.2 Å². The molecule has 13 heteroatoms. The van der Waals surface area contributed by atoms with Gasteiger partial charge in [-0.3, -0.25) is 14.3 Å². The Hall–Kier alpha value is -2.04. The van der Waals surface area contributed by atoms with Crippen molar-refractivity contribution in [3.8, 4) is 0 Å². The van der Waals surface area contributed by atoms with Gasteiger partial charge >= 0.3 is 19.2 Å². The lowest BCUT2D eigenvalue weighted by atomic mass is 10.1. The molecule has 0 aromatic carbocycles. The van der Waals surface area contributed by atoms with Crippen LogP contribution in [0.5, 0.6) is 0 Å². The molecule has 0 aliphatic heterocycles. The Labute approximate surface area is 271 Å². The van der Waals surface area contributed by atoms with E-state index in [9.17, 15) is 27.7 Å². The highest BCUT2D eigenvalue weighted by Gasteiger charge is 2.25. The minimum atomic E-state index is -3.65. The first-order chi connectivity index (χ1) is 21.7. The van der Waals surface area contributed by atoms with Gasteiger partial charge in [-0.2, -0.15) is 3.97 Å². The number of imidazole rings is 1. The molecule has 0 fully saturated rings. The Morgan fingerprint density at radius 2 is 1.20 bits per heavy atom. The average Bonchev–Trinajstić information content (AvgIpc) is 3.31. The first-order valence-electron chi connectivity index (χ1n) is 17.4. The van der Waals surface area contributed by atoms with E-state index in [1.165, 1.54) is 77.0 Å². The number of H-pyrrole nitrogens is 1. The van der Waals surface area contributed by atoms with Crippen LogP contribution in [-0.2, 0) is 31.4 Å². The number of hydrogen-bond acceptors (Lipinski definition) is 7. The van der Waals surface area contributed by atoms with E-state index in [0.29, 0.717) is 13.0 Å². The highest BCUT2D eigenvalue weighted by Crippen LogP contribution is 2.14. The number of hydrogen-bond donors (Lipinski definition) is 1. The number of aromatic amines is 1. The number of rotatable bonds is 27. The molecule has 0 saturated carbocycles. The summed E-state index contributed by atoms with van der Waals surface area (Å²) < 4.78 is 45.0. The predicted octanol–water partition coefficient (Wildman–Crippen LogP) is 7.35. The SMILES string of the molecule is CCCCCCCCCCCCCS(=O)n1c(=O)n(P(=O)=O)c(=O)c2c1[nH]c(=O)n2CC(C)OCCCCCCCCCCC. The lowest BCUT2D eigenvalue weighted by Crippen LogP contribution is -2.39. The minimum absolute atomic E-state index is 0.0232. The van der Waals surface area contributed by atoms with Crippen molar-refractivity contribution in [2.24, 2.45) is 0 Å². The van der Waals surface area contributed by atoms with Gasteiger partial charge in [-0.05, 0) is 19.8 Å². The molecular weight excluding hydrogens is 615 g/mol. The van der Waals surface area contributed by atoms with Crippen LogP contribution in [-0.4, -0.2) is 40.5 Å². The van der Waals surface area contributed by atoms with Gasteiger partial charge in [-0.15, -0.1) is 4.34 Å². The summed E-state index contributed by atoms with van der Waals surface area (Å²) in [5.41, 5.74) is -3.61. The van der Waals surface area contributed by atoms with Crippen molar-refractivity contribution in [3.05, 3.63) is 31.3 Å². The van der Waals surface area contributed by atoms with Crippen molar-refractivity contribution in [2.45, 2.75) is 162 Å². The first kappa shape index (κ1) is 39.1. The van der Waals surface area contributed by atoms with Gasteiger partial charge < -0.3 is 4.74 Å². The summed E-state index contributed by atoms with van der Waals surface area (Å²) in [6.45, 7) is 6.66. The summed E-state index contributed by atoms with van der Waals surface area (Å²) in [5.74, 6) is 0.103. The Balaban J connectivity index is 1.98. The lowest BCUT2D eigenvalue weighted by Gasteiger charge is -2.14. The summed E-state index contributed by atoms with van der Waals surface area (Å²) >= 11 is 0. The van der Waals surface area contributed by atoms with E-state index in [1.807, 2.05) is 0 Å². The van der Waals surface area contributed by atoms with Gasteiger partial charge in [-0.25, -0.2) is 22.9 Å². The largest absolute Gasteiger partial charge is 0.438 e. The molecule has 2 heterocycles. The van der Waals surface area contributed by atoms with Gasteiger partial charge in [0.1, 0.15) is 11.0 Å². The molecule has 0 aliphatic carbocycles. The van der Waals surface area contributed by atoms with Crippen LogP contribution >= 0.6 is 7.83 Å². The van der Waals surface area contributed by atoms with Crippen LogP contribution in [0.3, 0.4) is 0 Å². The van der Waals surface area contributed by atoms with Gasteiger partial charge in [0.05, 0.1) is 12.6 Å². The van der Waals surface area contributed by atoms with Gasteiger partial charge in [0.2, 0.25) is 0 Å². The van der Waals surface area contributed by atoms with Crippen molar-refractivity contribution in [1.29, 1.82) is 0 Å². The molecule has 0 bridgehead atoms. The van der Waals surface area contributed by atoms with Crippen LogP contribution in [0, 0.1) is 0 Å². The predicted molar refractivity (Wildman–Crippen MR) is 182 cm³/mol. The second-order valence-corrected chi connectivity index (χ2v) is 14.5. The maximum Gasteiger partial charge on any atom is 0.438 e. The molecule has 0 saturated heterocycles. The summed E-state index contributed by atoms with van der Waals surface area (Å²) in [7, 11) is -5.63. The molecule has 0 radical (unpaired) electrons. The third-order valence-electron chi connectivity index (χ3n) is 8.30. The Bertz CT molecular complexity index is 1400. The molecule has 0 amide bonds. The zero-order chi connectivity index (χ0) is 33.0. The average molecular weight is 673 g/mol. The van der Waals surface area contributed by atoms with Crippen LogP contribution < -0.4 is 16.9 Å². The fraction of sp³-hybridized carbons (Fsp3) is 0.844. The van der Waals surface area contributed by atoms with Crippen molar-refractivity contribution in [1.82, 2.24) is 17.9 Å². The molecular formula is C32H57N4O7PS. The minimum Gasteiger partial charge on any atom is -0.377 e. The maximum atomic E-state index is 13.3. The number of aromatic nitrogens is 4. The Morgan fingerprint density at radius 3 is 1.69 bits per heavy atom. The van der Waals surface area contributed by atoms with Gasteiger partial charge in [0, 0.05) is 12.4 Å². The molecule has 0 aliphatic rings. The zero-order valence-electron chi connectivity index (χ0n) is 27.9.